The second kappa shape index (κ2) is 8.68. The molecule has 11 heteroatoms. The number of nitrogens with one attached hydrogen (secondary N) is 2. The van der Waals surface area contributed by atoms with Gasteiger partial charge < -0.3 is 21.6 Å². The molecule has 0 fully saturated rings. The molecule has 2 amide bonds. The lowest BCUT2D eigenvalue weighted by Gasteiger charge is -2.30. The molecule has 5 N–H and O–H groups in total. The third-order valence-corrected chi connectivity index (χ3v) is 6.15. The Bertz CT molecular complexity index is 1010. The van der Waals surface area contributed by atoms with Crippen molar-refractivity contribution < 1.29 is 19.1 Å². The van der Waals surface area contributed by atoms with Gasteiger partial charge in [-0.25, -0.2) is 14.4 Å². The summed E-state index contributed by atoms with van der Waals surface area (Å²) in [6.07, 6.45) is 1.77. The SMILES string of the molecule is Cc1nc(Cc2cc(F)cc(Cl)c2)sc1C1(C(N)=O)C=C(C(=O)NCCO)NN1C. The van der Waals surface area contributed by atoms with Crippen molar-refractivity contribution in [2.75, 3.05) is 20.2 Å². The number of likely N-dealkylation sites (N-methyl/N-ethyl adjacent to an activating group) is 1. The minimum Gasteiger partial charge on any atom is -0.395 e. The molecular weight excluding hydrogens is 433 g/mol. The number of carbonyl (C=O) groups is 2. The van der Waals surface area contributed by atoms with Gasteiger partial charge in [0.2, 0.25) is 5.91 Å². The molecule has 1 aliphatic heterocycles. The summed E-state index contributed by atoms with van der Waals surface area (Å²) in [5.41, 5.74) is 8.53. The Hall–Kier alpha value is -2.53. The average Bonchev–Trinajstić information content (AvgIpc) is 3.19. The van der Waals surface area contributed by atoms with E-state index in [-0.39, 0.29) is 23.9 Å². The number of aliphatic hydroxyl groups excluding tert-OH is 1. The van der Waals surface area contributed by atoms with Crippen molar-refractivity contribution >= 4 is 34.8 Å². The highest BCUT2D eigenvalue weighted by Gasteiger charge is 2.49. The highest BCUT2D eigenvalue weighted by Crippen LogP contribution is 2.39. The summed E-state index contributed by atoms with van der Waals surface area (Å²) in [7, 11) is 1.60. The van der Waals surface area contributed by atoms with Gasteiger partial charge in [0.15, 0.2) is 5.54 Å². The van der Waals surface area contributed by atoms with E-state index in [1.807, 2.05) is 0 Å². The zero-order chi connectivity index (χ0) is 22.1. The minimum absolute atomic E-state index is 0.0745. The van der Waals surface area contributed by atoms with Gasteiger partial charge in [0.05, 0.1) is 22.2 Å². The van der Waals surface area contributed by atoms with Crippen LogP contribution in [0.5, 0.6) is 0 Å². The first-order chi connectivity index (χ1) is 14.2. The second-order valence-electron chi connectivity index (χ2n) is 6.82. The van der Waals surface area contributed by atoms with Gasteiger partial charge in [0, 0.05) is 25.0 Å². The molecule has 3 rings (SSSR count). The zero-order valence-corrected chi connectivity index (χ0v) is 17.9. The first kappa shape index (κ1) is 22.2. The number of carbonyl (C=O) groups excluding carboxylic acids is 2. The highest BCUT2D eigenvalue weighted by molar-refractivity contribution is 7.12. The third-order valence-electron chi connectivity index (χ3n) is 4.65. The molecule has 1 unspecified atom stereocenters. The van der Waals surface area contributed by atoms with Crippen LogP contribution in [0.1, 0.15) is 21.1 Å². The quantitative estimate of drug-likeness (QED) is 0.495. The van der Waals surface area contributed by atoms with E-state index >= 15 is 0 Å². The fraction of sp³-hybridized carbons (Fsp3) is 0.316. The van der Waals surface area contributed by atoms with E-state index in [0.717, 1.165) is 0 Å². The molecule has 0 radical (unpaired) electrons. The first-order valence-corrected chi connectivity index (χ1v) is 10.2. The Balaban J connectivity index is 1.98. The molecule has 2 heterocycles. The van der Waals surface area contributed by atoms with Crippen LogP contribution < -0.4 is 16.5 Å². The number of hydrazine groups is 1. The predicted molar refractivity (Wildman–Crippen MR) is 111 cm³/mol. The summed E-state index contributed by atoms with van der Waals surface area (Å²) < 4.78 is 13.6. The molecule has 160 valence electrons. The Kier molecular flexibility index (Phi) is 6.41. The third kappa shape index (κ3) is 4.17. The molecule has 0 saturated carbocycles. The van der Waals surface area contributed by atoms with Crippen LogP contribution >= 0.6 is 22.9 Å². The normalized spacial score (nSPS) is 18.8. The van der Waals surface area contributed by atoms with Gasteiger partial charge in [-0.15, -0.1) is 11.3 Å². The molecule has 30 heavy (non-hydrogen) atoms. The molecule has 1 aliphatic rings. The van der Waals surface area contributed by atoms with E-state index in [4.69, 9.17) is 22.4 Å². The number of thiazole rings is 1. The molecule has 2 aromatic rings. The van der Waals surface area contributed by atoms with Gasteiger partial charge in [-0.05, 0) is 36.8 Å². The monoisotopic (exact) mass is 453 g/mol. The van der Waals surface area contributed by atoms with Crippen molar-refractivity contribution in [3.05, 3.63) is 62.0 Å². The molecule has 0 aliphatic carbocycles. The van der Waals surface area contributed by atoms with Gasteiger partial charge in [0.1, 0.15) is 11.5 Å². The minimum atomic E-state index is -1.43. The summed E-state index contributed by atoms with van der Waals surface area (Å²) in [4.78, 5) is 29.9. The summed E-state index contributed by atoms with van der Waals surface area (Å²) in [5.74, 6) is -1.61. The van der Waals surface area contributed by atoms with Gasteiger partial charge in [0.25, 0.3) is 5.91 Å². The fourth-order valence-electron chi connectivity index (χ4n) is 3.32. The van der Waals surface area contributed by atoms with Crippen LogP contribution in [0.2, 0.25) is 5.02 Å². The summed E-state index contributed by atoms with van der Waals surface area (Å²) in [6.45, 7) is 1.60. The number of benzene rings is 1. The number of hydrogen-bond donors (Lipinski definition) is 4. The van der Waals surface area contributed by atoms with E-state index in [2.05, 4.69) is 15.7 Å². The topological polar surface area (TPSA) is 121 Å². The number of nitrogens with zero attached hydrogens (tertiary/aromatic N) is 2. The van der Waals surface area contributed by atoms with E-state index < -0.39 is 23.2 Å². The predicted octanol–water partition coefficient (Wildman–Crippen LogP) is 0.958. The number of nitrogens with two attached hydrogens (primary N) is 1. The Morgan fingerprint density at radius 3 is 2.80 bits per heavy atom. The number of aliphatic hydroxyl groups is 1. The van der Waals surface area contributed by atoms with E-state index in [1.54, 1.807) is 20.0 Å². The van der Waals surface area contributed by atoms with Crippen LogP contribution in [0, 0.1) is 12.7 Å². The highest BCUT2D eigenvalue weighted by atomic mass is 35.5. The number of aryl methyl sites for hydroxylation is 1. The number of halogens is 2. The van der Waals surface area contributed by atoms with E-state index in [9.17, 15) is 14.0 Å². The molecular formula is C19H21ClFN5O3S. The van der Waals surface area contributed by atoms with Gasteiger partial charge in [-0.3, -0.25) is 9.59 Å². The van der Waals surface area contributed by atoms with Gasteiger partial charge in [-0.2, -0.15) is 0 Å². The van der Waals surface area contributed by atoms with Gasteiger partial charge >= 0.3 is 0 Å². The second-order valence-corrected chi connectivity index (χ2v) is 8.34. The smallest absolute Gasteiger partial charge is 0.268 e. The molecule has 1 aromatic heterocycles. The lowest BCUT2D eigenvalue weighted by molar-refractivity contribution is -0.127. The number of hydrogen-bond acceptors (Lipinski definition) is 7. The van der Waals surface area contributed by atoms with Crippen LogP contribution in [-0.2, 0) is 21.5 Å². The maximum absolute atomic E-state index is 13.6. The molecule has 8 nitrogen and oxygen atoms in total. The van der Waals surface area contributed by atoms with Crippen molar-refractivity contribution in [3.8, 4) is 0 Å². The molecule has 1 aromatic carbocycles. The van der Waals surface area contributed by atoms with Crippen molar-refractivity contribution in [1.29, 1.82) is 0 Å². The average molecular weight is 454 g/mol. The lowest BCUT2D eigenvalue weighted by atomic mass is 9.94. The van der Waals surface area contributed by atoms with Crippen molar-refractivity contribution in [3.63, 3.8) is 0 Å². The Morgan fingerprint density at radius 2 is 2.17 bits per heavy atom. The van der Waals surface area contributed by atoms with E-state index in [1.165, 1.54) is 34.6 Å². The van der Waals surface area contributed by atoms with Crippen molar-refractivity contribution in [2.24, 2.45) is 5.73 Å². The van der Waals surface area contributed by atoms with E-state index in [0.29, 0.717) is 27.6 Å². The number of aromatic nitrogens is 1. The van der Waals surface area contributed by atoms with Crippen LogP contribution in [0.25, 0.3) is 0 Å². The standard InChI is InChI=1S/C19H21ClFN5O3S/c1-10-16(30-15(24-10)7-11-5-12(20)8-13(21)6-11)19(18(22)29)9-14(25-26(19)2)17(28)23-3-4-27/h5-6,8-9,25,27H,3-4,7H2,1-2H3,(H2,22,29)(H,23,28). The summed E-state index contributed by atoms with van der Waals surface area (Å²) >= 11 is 7.18. The fourth-order valence-corrected chi connectivity index (χ4v) is 4.87. The van der Waals surface area contributed by atoms with Crippen LogP contribution in [0.3, 0.4) is 0 Å². The van der Waals surface area contributed by atoms with Gasteiger partial charge in [-0.1, -0.05) is 11.6 Å². The van der Waals surface area contributed by atoms with Crippen LogP contribution in [-0.4, -0.2) is 47.1 Å². The maximum Gasteiger partial charge on any atom is 0.268 e. The number of primary amides is 1. The number of amides is 2. The largest absolute Gasteiger partial charge is 0.395 e. The lowest BCUT2D eigenvalue weighted by Crippen LogP contribution is -2.52. The zero-order valence-electron chi connectivity index (χ0n) is 16.3. The maximum atomic E-state index is 13.6. The molecule has 0 spiro atoms. The van der Waals surface area contributed by atoms with Crippen molar-refractivity contribution in [2.45, 2.75) is 18.9 Å². The van der Waals surface area contributed by atoms with Crippen LogP contribution in [0.15, 0.2) is 30.0 Å². The molecule has 1 atom stereocenters. The summed E-state index contributed by atoms with van der Waals surface area (Å²) in [6, 6.07) is 4.25. The summed E-state index contributed by atoms with van der Waals surface area (Å²) in [5, 5.41) is 13.8. The first-order valence-electron chi connectivity index (χ1n) is 9.01. The number of rotatable bonds is 7. The Morgan fingerprint density at radius 1 is 1.43 bits per heavy atom. The molecule has 0 bridgehead atoms. The molecule has 0 saturated heterocycles. The van der Waals surface area contributed by atoms with Crippen LogP contribution in [0.4, 0.5) is 4.39 Å². The van der Waals surface area contributed by atoms with Crippen molar-refractivity contribution in [1.82, 2.24) is 20.7 Å². The Labute approximate surface area is 181 Å².